The Morgan fingerprint density at radius 3 is 2.85 bits per heavy atom. The Morgan fingerprint density at radius 1 is 1.20 bits per heavy atom. The number of aromatic amines is 1. The fourth-order valence-corrected chi connectivity index (χ4v) is 2.13. The largest absolute Gasteiger partial charge is 0.497 e. The summed E-state index contributed by atoms with van der Waals surface area (Å²) in [5.74, 6) is -0.485. The van der Waals surface area contributed by atoms with Gasteiger partial charge in [0.15, 0.2) is 11.6 Å². The SMILES string of the molecule is COc1cccc(Cc2nc3c(F)c(F)ccc3[nH]2)c1. The molecule has 0 saturated heterocycles. The molecular formula is C15H12F2N2O. The number of rotatable bonds is 3. The van der Waals surface area contributed by atoms with E-state index in [1.807, 2.05) is 24.3 Å². The molecule has 0 unspecified atom stereocenters. The highest BCUT2D eigenvalue weighted by atomic mass is 19.2. The zero-order chi connectivity index (χ0) is 14.1. The van der Waals surface area contributed by atoms with E-state index in [4.69, 9.17) is 4.74 Å². The summed E-state index contributed by atoms with van der Waals surface area (Å²) in [5, 5.41) is 0. The molecule has 5 heteroatoms. The summed E-state index contributed by atoms with van der Waals surface area (Å²) in [6.07, 6.45) is 0.493. The van der Waals surface area contributed by atoms with Crippen molar-refractivity contribution in [3.63, 3.8) is 0 Å². The minimum absolute atomic E-state index is 0.0305. The summed E-state index contributed by atoms with van der Waals surface area (Å²) in [4.78, 5) is 7.10. The molecule has 0 amide bonds. The lowest BCUT2D eigenvalue weighted by molar-refractivity contribution is 0.414. The van der Waals surface area contributed by atoms with Crippen LogP contribution in [0, 0.1) is 11.6 Å². The maximum atomic E-state index is 13.6. The van der Waals surface area contributed by atoms with Gasteiger partial charge in [0.05, 0.1) is 12.6 Å². The second-order valence-electron chi connectivity index (χ2n) is 4.47. The van der Waals surface area contributed by atoms with Gasteiger partial charge in [-0.2, -0.15) is 0 Å². The number of hydrogen-bond acceptors (Lipinski definition) is 2. The first-order valence-corrected chi connectivity index (χ1v) is 6.13. The number of nitrogens with one attached hydrogen (secondary N) is 1. The highest BCUT2D eigenvalue weighted by Crippen LogP contribution is 2.20. The summed E-state index contributed by atoms with van der Waals surface area (Å²) in [6, 6.07) is 10.1. The minimum Gasteiger partial charge on any atom is -0.497 e. The van der Waals surface area contributed by atoms with Gasteiger partial charge in [0.2, 0.25) is 0 Å². The maximum absolute atomic E-state index is 13.6. The lowest BCUT2D eigenvalue weighted by Gasteiger charge is -2.02. The Hall–Kier alpha value is -2.43. The van der Waals surface area contributed by atoms with Crippen LogP contribution in [0.2, 0.25) is 0 Å². The summed E-state index contributed by atoms with van der Waals surface area (Å²) < 4.78 is 31.9. The molecule has 0 fully saturated rings. The quantitative estimate of drug-likeness (QED) is 0.794. The lowest BCUT2D eigenvalue weighted by atomic mass is 10.1. The van der Waals surface area contributed by atoms with Crippen molar-refractivity contribution in [3.8, 4) is 5.75 Å². The Balaban J connectivity index is 1.96. The Labute approximate surface area is 114 Å². The van der Waals surface area contributed by atoms with Crippen LogP contribution in [-0.4, -0.2) is 17.1 Å². The average molecular weight is 274 g/mol. The molecule has 1 heterocycles. The summed E-state index contributed by atoms with van der Waals surface area (Å²) in [6.45, 7) is 0. The van der Waals surface area contributed by atoms with E-state index in [-0.39, 0.29) is 5.52 Å². The smallest absolute Gasteiger partial charge is 0.186 e. The fraction of sp³-hybridized carbons (Fsp3) is 0.133. The van der Waals surface area contributed by atoms with Crippen molar-refractivity contribution >= 4 is 11.0 Å². The standard InChI is InChI=1S/C15H12F2N2O/c1-20-10-4-2-3-9(7-10)8-13-18-12-6-5-11(16)14(17)15(12)19-13/h2-7H,8H2,1H3,(H,18,19). The predicted octanol–water partition coefficient (Wildman–Crippen LogP) is 3.44. The zero-order valence-electron chi connectivity index (χ0n) is 10.8. The van der Waals surface area contributed by atoms with Crippen molar-refractivity contribution in [1.29, 1.82) is 0 Å². The van der Waals surface area contributed by atoms with Gasteiger partial charge in [0.1, 0.15) is 17.1 Å². The van der Waals surface area contributed by atoms with Crippen LogP contribution < -0.4 is 4.74 Å². The van der Waals surface area contributed by atoms with E-state index in [2.05, 4.69) is 9.97 Å². The minimum atomic E-state index is -0.921. The predicted molar refractivity (Wildman–Crippen MR) is 71.8 cm³/mol. The number of H-pyrrole nitrogens is 1. The Kier molecular flexibility index (Phi) is 3.10. The van der Waals surface area contributed by atoms with Gasteiger partial charge in [-0.25, -0.2) is 13.8 Å². The third-order valence-electron chi connectivity index (χ3n) is 3.10. The van der Waals surface area contributed by atoms with Gasteiger partial charge in [-0.3, -0.25) is 0 Å². The third kappa shape index (κ3) is 2.22. The van der Waals surface area contributed by atoms with Crippen LogP contribution in [-0.2, 0) is 6.42 Å². The van der Waals surface area contributed by atoms with E-state index in [0.29, 0.717) is 17.8 Å². The van der Waals surface area contributed by atoms with Crippen molar-refractivity contribution in [2.24, 2.45) is 0 Å². The van der Waals surface area contributed by atoms with Crippen LogP contribution in [0.5, 0.6) is 5.75 Å². The van der Waals surface area contributed by atoms with E-state index in [1.165, 1.54) is 6.07 Å². The van der Waals surface area contributed by atoms with Crippen molar-refractivity contribution in [1.82, 2.24) is 9.97 Å². The molecule has 20 heavy (non-hydrogen) atoms. The molecule has 0 aliphatic heterocycles. The van der Waals surface area contributed by atoms with Crippen LogP contribution in [0.1, 0.15) is 11.4 Å². The molecule has 0 bridgehead atoms. The fourth-order valence-electron chi connectivity index (χ4n) is 2.13. The third-order valence-corrected chi connectivity index (χ3v) is 3.10. The van der Waals surface area contributed by atoms with Gasteiger partial charge in [-0.15, -0.1) is 0 Å². The van der Waals surface area contributed by atoms with Crippen molar-refractivity contribution in [3.05, 3.63) is 59.4 Å². The average Bonchev–Trinajstić information content (AvgIpc) is 2.87. The first-order chi connectivity index (χ1) is 9.67. The normalized spacial score (nSPS) is 10.9. The highest BCUT2D eigenvalue weighted by molar-refractivity contribution is 5.75. The molecule has 0 aliphatic rings. The molecule has 3 nitrogen and oxygen atoms in total. The molecule has 1 aromatic heterocycles. The zero-order valence-corrected chi connectivity index (χ0v) is 10.8. The molecule has 0 saturated carbocycles. The van der Waals surface area contributed by atoms with Crippen LogP contribution in [0.3, 0.4) is 0 Å². The van der Waals surface area contributed by atoms with Gasteiger partial charge in [0.25, 0.3) is 0 Å². The second-order valence-corrected chi connectivity index (χ2v) is 4.47. The molecule has 0 aliphatic carbocycles. The second kappa shape index (κ2) is 4.92. The number of methoxy groups -OCH3 is 1. The topological polar surface area (TPSA) is 37.9 Å². The molecular weight excluding hydrogens is 262 g/mol. The first kappa shape index (κ1) is 12.6. The highest BCUT2D eigenvalue weighted by Gasteiger charge is 2.12. The molecule has 1 N–H and O–H groups in total. The summed E-state index contributed by atoms with van der Waals surface area (Å²) in [7, 11) is 1.60. The number of nitrogens with zero attached hydrogens (tertiary/aromatic N) is 1. The molecule has 3 rings (SSSR count). The van der Waals surface area contributed by atoms with Gasteiger partial charge in [-0.05, 0) is 29.8 Å². The van der Waals surface area contributed by atoms with Gasteiger partial charge < -0.3 is 9.72 Å². The monoisotopic (exact) mass is 274 g/mol. The summed E-state index contributed by atoms with van der Waals surface area (Å²) >= 11 is 0. The van der Waals surface area contributed by atoms with E-state index in [0.717, 1.165) is 17.4 Å². The number of halogens is 2. The van der Waals surface area contributed by atoms with E-state index >= 15 is 0 Å². The van der Waals surface area contributed by atoms with Crippen LogP contribution in [0.25, 0.3) is 11.0 Å². The lowest BCUT2D eigenvalue weighted by Crippen LogP contribution is -1.92. The van der Waals surface area contributed by atoms with Crippen LogP contribution in [0.15, 0.2) is 36.4 Å². The van der Waals surface area contributed by atoms with Crippen molar-refractivity contribution in [2.45, 2.75) is 6.42 Å². The number of imidazole rings is 1. The van der Waals surface area contributed by atoms with Gasteiger partial charge in [0, 0.05) is 6.42 Å². The number of fused-ring (bicyclic) bond motifs is 1. The molecule has 0 atom stereocenters. The van der Waals surface area contributed by atoms with Crippen molar-refractivity contribution < 1.29 is 13.5 Å². The maximum Gasteiger partial charge on any atom is 0.186 e. The van der Waals surface area contributed by atoms with E-state index in [1.54, 1.807) is 7.11 Å². The van der Waals surface area contributed by atoms with Gasteiger partial charge in [-0.1, -0.05) is 12.1 Å². The molecule has 0 radical (unpaired) electrons. The number of aromatic nitrogens is 2. The first-order valence-electron chi connectivity index (χ1n) is 6.13. The summed E-state index contributed by atoms with van der Waals surface area (Å²) in [5.41, 5.74) is 1.49. The van der Waals surface area contributed by atoms with Gasteiger partial charge >= 0.3 is 0 Å². The Bertz CT molecular complexity index is 768. The van der Waals surface area contributed by atoms with E-state index < -0.39 is 11.6 Å². The Morgan fingerprint density at radius 2 is 2.05 bits per heavy atom. The molecule has 0 spiro atoms. The van der Waals surface area contributed by atoms with Crippen LogP contribution in [0.4, 0.5) is 8.78 Å². The molecule has 3 aromatic rings. The molecule has 2 aromatic carbocycles. The van der Waals surface area contributed by atoms with E-state index in [9.17, 15) is 8.78 Å². The number of ether oxygens (including phenoxy) is 1. The number of hydrogen-bond donors (Lipinski definition) is 1. The van der Waals surface area contributed by atoms with Crippen molar-refractivity contribution in [2.75, 3.05) is 7.11 Å². The van der Waals surface area contributed by atoms with Crippen LogP contribution >= 0.6 is 0 Å². The molecule has 102 valence electrons. The number of benzene rings is 2.